The third-order valence-corrected chi connectivity index (χ3v) is 6.31. The van der Waals surface area contributed by atoms with Gasteiger partial charge in [0.1, 0.15) is 38.5 Å². The summed E-state index contributed by atoms with van der Waals surface area (Å²) in [5.41, 5.74) is 3.49. The lowest BCUT2D eigenvalue weighted by Gasteiger charge is -2.29. The molecule has 2 saturated heterocycles. The van der Waals surface area contributed by atoms with Crippen molar-refractivity contribution < 1.29 is 19.3 Å². The fraction of sp³-hybridized carbons (Fsp3) is 0.458. The first-order chi connectivity index (χ1) is 14.7. The van der Waals surface area contributed by atoms with Crippen LogP contribution in [-0.4, -0.2) is 58.8 Å². The van der Waals surface area contributed by atoms with Crippen LogP contribution >= 0.6 is 0 Å². The van der Waals surface area contributed by atoms with Crippen LogP contribution in [-0.2, 0) is 11.3 Å². The van der Waals surface area contributed by atoms with Crippen LogP contribution in [0, 0.1) is 0 Å². The molecule has 2 aromatic carbocycles. The van der Waals surface area contributed by atoms with Crippen molar-refractivity contribution in [3.8, 4) is 5.75 Å². The Kier molecular flexibility index (Phi) is 6.87. The van der Waals surface area contributed by atoms with Gasteiger partial charge < -0.3 is 24.8 Å². The summed E-state index contributed by atoms with van der Waals surface area (Å²) in [6, 6.07) is 16.6. The van der Waals surface area contributed by atoms with Crippen LogP contribution in [0.4, 0.5) is 11.4 Å². The van der Waals surface area contributed by atoms with Gasteiger partial charge in [-0.05, 0) is 61.4 Å². The number of nitrogens with one attached hydrogen (secondary N) is 3. The number of hydrogen-bond donors (Lipinski definition) is 3. The van der Waals surface area contributed by atoms with Crippen LogP contribution in [0.3, 0.4) is 0 Å². The number of carbonyl (C=O) groups excluding carboxylic acids is 1. The second kappa shape index (κ2) is 9.96. The van der Waals surface area contributed by atoms with Gasteiger partial charge in [-0.2, -0.15) is 0 Å². The Bertz CT molecular complexity index is 808. The Labute approximate surface area is 179 Å². The van der Waals surface area contributed by atoms with Crippen molar-refractivity contribution in [1.82, 2.24) is 0 Å². The van der Waals surface area contributed by atoms with Crippen LogP contribution in [0.5, 0.6) is 5.75 Å². The summed E-state index contributed by atoms with van der Waals surface area (Å²) in [4.78, 5) is 17.9. The third kappa shape index (κ3) is 5.52. The van der Waals surface area contributed by atoms with Crippen LogP contribution in [0.15, 0.2) is 48.5 Å². The number of carbonyl (C=O) groups is 1. The Balaban J connectivity index is 1.19. The van der Waals surface area contributed by atoms with Crippen LogP contribution in [0.25, 0.3) is 0 Å². The quantitative estimate of drug-likeness (QED) is 0.612. The van der Waals surface area contributed by atoms with Gasteiger partial charge in [-0.15, -0.1) is 0 Å². The molecule has 0 spiro atoms. The molecular formula is C24H34N4O2+2. The van der Waals surface area contributed by atoms with E-state index >= 15 is 0 Å². The summed E-state index contributed by atoms with van der Waals surface area (Å²) >= 11 is 0. The van der Waals surface area contributed by atoms with Crippen molar-refractivity contribution in [2.45, 2.75) is 19.4 Å². The monoisotopic (exact) mass is 410 g/mol. The summed E-state index contributed by atoms with van der Waals surface area (Å²) in [5, 5.41) is 3.07. The lowest BCUT2D eigenvalue weighted by Crippen LogP contribution is -3.28. The maximum atomic E-state index is 12.5. The molecule has 4 rings (SSSR count). The van der Waals surface area contributed by atoms with Crippen molar-refractivity contribution in [2.75, 3.05) is 63.1 Å². The van der Waals surface area contributed by atoms with Gasteiger partial charge in [0.2, 0.25) is 0 Å². The molecule has 2 aliphatic heterocycles. The maximum Gasteiger partial charge on any atom is 0.279 e. The van der Waals surface area contributed by atoms with E-state index in [-0.39, 0.29) is 5.91 Å². The predicted octanol–water partition coefficient (Wildman–Crippen LogP) is 0.218. The molecule has 0 atom stereocenters. The topological polar surface area (TPSA) is 50.5 Å². The number of nitrogens with zero attached hydrogens (tertiary/aromatic N) is 1. The van der Waals surface area contributed by atoms with Gasteiger partial charge in [-0.3, -0.25) is 4.79 Å². The normalized spacial score (nSPS) is 21.4. The van der Waals surface area contributed by atoms with Gasteiger partial charge in [-0.1, -0.05) is 0 Å². The summed E-state index contributed by atoms with van der Waals surface area (Å²) < 4.78 is 5.23. The minimum Gasteiger partial charge on any atom is -0.497 e. The Hall–Kier alpha value is -2.57. The van der Waals surface area contributed by atoms with Crippen molar-refractivity contribution in [3.05, 3.63) is 54.1 Å². The second-order valence-electron chi connectivity index (χ2n) is 8.49. The van der Waals surface area contributed by atoms with E-state index in [9.17, 15) is 4.79 Å². The van der Waals surface area contributed by atoms with Gasteiger partial charge in [0.15, 0.2) is 6.54 Å². The van der Waals surface area contributed by atoms with Gasteiger partial charge >= 0.3 is 0 Å². The first-order valence-corrected chi connectivity index (χ1v) is 11.1. The minimum atomic E-state index is 0.109. The number of hydrogen-bond acceptors (Lipinski definition) is 3. The molecule has 1 amide bonds. The SMILES string of the molecule is COc1ccc(C[NH+]2CC[NH+](CC(=O)Nc3ccc(N4CCCC4)cc3)CC2)cc1. The molecule has 2 aliphatic rings. The van der Waals surface area contributed by atoms with Crippen molar-refractivity contribution in [3.63, 3.8) is 0 Å². The highest BCUT2D eigenvalue weighted by molar-refractivity contribution is 5.91. The van der Waals surface area contributed by atoms with E-state index in [0.29, 0.717) is 6.54 Å². The number of anilines is 2. The third-order valence-electron chi connectivity index (χ3n) is 6.31. The highest BCUT2D eigenvalue weighted by Gasteiger charge is 2.25. The number of benzene rings is 2. The number of rotatable bonds is 7. The van der Waals surface area contributed by atoms with E-state index in [1.165, 1.54) is 29.0 Å². The number of quaternary nitrogens is 2. The summed E-state index contributed by atoms with van der Waals surface area (Å²) in [5.74, 6) is 1.01. The lowest BCUT2D eigenvalue weighted by atomic mass is 10.2. The van der Waals surface area contributed by atoms with Crippen molar-refractivity contribution >= 4 is 17.3 Å². The van der Waals surface area contributed by atoms with Gasteiger partial charge in [0, 0.05) is 30.0 Å². The molecular weight excluding hydrogens is 376 g/mol. The molecule has 0 bridgehead atoms. The van der Waals surface area contributed by atoms with Crippen molar-refractivity contribution in [2.24, 2.45) is 0 Å². The Morgan fingerprint density at radius 1 is 0.933 bits per heavy atom. The number of amides is 1. The highest BCUT2D eigenvalue weighted by Crippen LogP contribution is 2.21. The zero-order valence-corrected chi connectivity index (χ0v) is 18.0. The fourth-order valence-corrected chi connectivity index (χ4v) is 4.51. The molecule has 0 radical (unpaired) electrons. The molecule has 0 aromatic heterocycles. The molecule has 30 heavy (non-hydrogen) atoms. The molecule has 0 aliphatic carbocycles. The molecule has 6 nitrogen and oxygen atoms in total. The molecule has 0 unspecified atom stereocenters. The zero-order valence-electron chi connectivity index (χ0n) is 18.0. The van der Waals surface area contributed by atoms with Gasteiger partial charge in [0.05, 0.1) is 7.11 Å². The van der Waals surface area contributed by atoms with E-state index in [1.54, 1.807) is 12.0 Å². The lowest BCUT2D eigenvalue weighted by molar-refractivity contribution is -1.02. The average molecular weight is 411 g/mol. The predicted molar refractivity (Wildman–Crippen MR) is 119 cm³/mol. The average Bonchev–Trinajstić information content (AvgIpc) is 3.31. The van der Waals surface area contributed by atoms with E-state index in [1.807, 2.05) is 24.3 Å². The van der Waals surface area contributed by atoms with Crippen LogP contribution in [0.1, 0.15) is 18.4 Å². The first-order valence-electron chi connectivity index (χ1n) is 11.1. The molecule has 6 heteroatoms. The molecule has 0 saturated carbocycles. The molecule has 2 heterocycles. The first kappa shape index (κ1) is 20.7. The van der Waals surface area contributed by atoms with Gasteiger partial charge in [0.25, 0.3) is 5.91 Å². The molecule has 2 fully saturated rings. The standard InChI is InChI=1S/C24H32N4O2/c1-30-23-10-4-20(5-11-23)18-26-14-16-27(17-15-26)19-24(29)25-21-6-8-22(9-7-21)28-12-2-3-13-28/h4-11H,2-3,12-19H2,1H3,(H,25,29)/p+2. The molecule has 3 N–H and O–H groups in total. The van der Waals surface area contributed by atoms with Crippen molar-refractivity contribution in [1.29, 1.82) is 0 Å². The summed E-state index contributed by atoms with van der Waals surface area (Å²) in [6.07, 6.45) is 2.55. The number of ether oxygens (including phenoxy) is 1. The molecule has 2 aromatic rings. The number of piperazine rings is 1. The van der Waals surface area contributed by atoms with Gasteiger partial charge in [-0.25, -0.2) is 0 Å². The largest absolute Gasteiger partial charge is 0.497 e. The fourth-order valence-electron chi connectivity index (χ4n) is 4.51. The van der Waals surface area contributed by atoms with E-state index in [2.05, 4.69) is 34.5 Å². The highest BCUT2D eigenvalue weighted by atomic mass is 16.5. The Morgan fingerprint density at radius 2 is 1.57 bits per heavy atom. The van der Waals surface area contributed by atoms with Crippen LogP contribution < -0.4 is 24.8 Å². The zero-order chi connectivity index (χ0) is 20.8. The van der Waals surface area contributed by atoms with E-state index < -0.39 is 0 Å². The van der Waals surface area contributed by atoms with Crippen LogP contribution in [0.2, 0.25) is 0 Å². The van der Waals surface area contributed by atoms with E-state index in [4.69, 9.17) is 4.74 Å². The second-order valence-corrected chi connectivity index (χ2v) is 8.49. The summed E-state index contributed by atoms with van der Waals surface area (Å²) in [6.45, 7) is 8.12. The number of methoxy groups -OCH3 is 1. The summed E-state index contributed by atoms with van der Waals surface area (Å²) in [7, 11) is 1.70. The molecule has 160 valence electrons. The maximum absolute atomic E-state index is 12.5. The smallest absolute Gasteiger partial charge is 0.279 e. The van der Waals surface area contributed by atoms with E-state index in [0.717, 1.165) is 57.3 Å². The minimum absolute atomic E-state index is 0.109. The Morgan fingerprint density at radius 3 is 2.20 bits per heavy atom.